The van der Waals surface area contributed by atoms with Gasteiger partial charge in [0, 0.05) is 13.0 Å². The molecule has 1 amide bonds. The van der Waals surface area contributed by atoms with Gasteiger partial charge >= 0.3 is 0 Å². The number of fused-ring (bicyclic) bond motifs is 1. The molecule has 0 bridgehead atoms. The standard InChI is InChI=1S/C23H29N3O2/c1-4-8-22(27)24-18(3)23-25-20-9-5-6-10-21(20)26(23)15-7-16-28-19-13-11-17(2)12-14-19/h5-6,9-14,18H,4,7-8,15-16H2,1-3H3,(H,24,27). The van der Waals surface area contributed by atoms with Gasteiger partial charge < -0.3 is 14.6 Å². The third-order valence-electron chi connectivity index (χ3n) is 4.74. The van der Waals surface area contributed by atoms with E-state index in [1.54, 1.807) is 0 Å². The summed E-state index contributed by atoms with van der Waals surface area (Å²) < 4.78 is 8.06. The number of ether oxygens (including phenoxy) is 1. The lowest BCUT2D eigenvalue weighted by molar-refractivity contribution is -0.121. The molecule has 0 radical (unpaired) electrons. The van der Waals surface area contributed by atoms with Gasteiger partial charge in [-0.15, -0.1) is 0 Å². The van der Waals surface area contributed by atoms with Gasteiger partial charge in [-0.25, -0.2) is 4.98 Å². The van der Waals surface area contributed by atoms with Crippen molar-refractivity contribution >= 4 is 16.9 Å². The van der Waals surface area contributed by atoms with Gasteiger partial charge in [-0.2, -0.15) is 0 Å². The van der Waals surface area contributed by atoms with Crippen molar-refractivity contribution in [3.8, 4) is 5.75 Å². The van der Waals surface area contributed by atoms with Crippen LogP contribution in [0.1, 0.15) is 50.5 Å². The van der Waals surface area contributed by atoms with E-state index in [1.807, 2.05) is 44.2 Å². The Morgan fingerprint density at radius 2 is 1.93 bits per heavy atom. The number of carbonyl (C=O) groups excluding carboxylic acids is 1. The maximum absolute atomic E-state index is 12.0. The van der Waals surface area contributed by atoms with E-state index in [9.17, 15) is 4.79 Å². The van der Waals surface area contributed by atoms with Gasteiger partial charge in [-0.3, -0.25) is 4.79 Å². The fourth-order valence-electron chi connectivity index (χ4n) is 3.31. The second kappa shape index (κ2) is 9.40. The molecule has 148 valence electrons. The summed E-state index contributed by atoms with van der Waals surface area (Å²) in [6.07, 6.45) is 2.23. The number of hydrogen-bond donors (Lipinski definition) is 1. The molecule has 0 spiro atoms. The predicted octanol–water partition coefficient (Wildman–Crippen LogP) is 4.79. The first-order valence-corrected chi connectivity index (χ1v) is 10.0. The Morgan fingerprint density at radius 3 is 2.68 bits per heavy atom. The van der Waals surface area contributed by atoms with Gasteiger partial charge in [-0.05, 0) is 51.0 Å². The van der Waals surface area contributed by atoms with Crippen LogP contribution in [0.15, 0.2) is 48.5 Å². The number of imidazole rings is 1. The Labute approximate surface area is 166 Å². The van der Waals surface area contributed by atoms with Gasteiger partial charge in [0.25, 0.3) is 0 Å². The molecule has 2 aromatic carbocycles. The minimum atomic E-state index is -0.135. The van der Waals surface area contributed by atoms with Crippen molar-refractivity contribution < 1.29 is 9.53 Å². The van der Waals surface area contributed by atoms with Gasteiger partial charge in [0.1, 0.15) is 11.6 Å². The van der Waals surface area contributed by atoms with Crippen LogP contribution in [0.2, 0.25) is 0 Å². The van der Waals surface area contributed by atoms with Crippen LogP contribution >= 0.6 is 0 Å². The molecule has 5 nitrogen and oxygen atoms in total. The zero-order valence-corrected chi connectivity index (χ0v) is 16.9. The number of hydrogen-bond acceptors (Lipinski definition) is 3. The number of nitrogens with zero attached hydrogens (tertiary/aromatic N) is 2. The third-order valence-corrected chi connectivity index (χ3v) is 4.74. The minimum absolute atomic E-state index is 0.0660. The number of aromatic nitrogens is 2. The first kappa shape index (κ1) is 19.9. The second-order valence-electron chi connectivity index (χ2n) is 7.16. The number of benzene rings is 2. The first-order chi connectivity index (χ1) is 13.6. The lowest BCUT2D eigenvalue weighted by Gasteiger charge is -2.16. The Morgan fingerprint density at radius 1 is 1.18 bits per heavy atom. The zero-order valence-electron chi connectivity index (χ0n) is 16.9. The summed E-state index contributed by atoms with van der Waals surface area (Å²) in [6.45, 7) is 7.48. The Balaban J connectivity index is 1.69. The molecular formula is C23H29N3O2. The van der Waals surface area contributed by atoms with Crippen LogP contribution in [0.5, 0.6) is 5.75 Å². The highest BCUT2D eigenvalue weighted by Crippen LogP contribution is 2.21. The van der Waals surface area contributed by atoms with Crippen LogP contribution in [0, 0.1) is 6.92 Å². The summed E-state index contributed by atoms with van der Waals surface area (Å²) in [5.41, 5.74) is 3.26. The Bertz CT molecular complexity index is 915. The van der Waals surface area contributed by atoms with E-state index in [0.29, 0.717) is 13.0 Å². The van der Waals surface area contributed by atoms with Crippen molar-refractivity contribution in [1.29, 1.82) is 0 Å². The van der Waals surface area contributed by atoms with Crippen LogP contribution in [0.25, 0.3) is 11.0 Å². The molecule has 0 fully saturated rings. The number of rotatable bonds is 9. The normalized spacial score (nSPS) is 12.1. The molecule has 0 saturated carbocycles. The van der Waals surface area contributed by atoms with Crippen molar-refractivity contribution in [3.63, 3.8) is 0 Å². The highest BCUT2D eigenvalue weighted by atomic mass is 16.5. The number of para-hydroxylation sites is 2. The van der Waals surface area contributed by atoms with Crippen molar-refractivity contribution in [2.75, 3.05) is 6.61 Å². The smallest absolute Gasteiger partial charge is 0.220 e. The fourth-order valence-corrected chi connectivity index (χ4v) is 3.31. The summed E-state index contributed by atoms with van der Waals surface area (Å²) in [4.78, 5) is 16.8. The lowest BCUT2D eigenvalue weighted by Crippen LogP contribution is -2.28. The molecule has 0 saturated heterocycles. The fraction of sp³-hybridized carbons (Fsp3) is 0.391. The van der Waals surface area contributed by atoms with Crippen LogP contribution < -0.4 is 10.1 Å². The first-order valence-electron chi connectivity index (χ1n) is 10.0. The van der Waals surface area contributed by atoms with Gasteiger partial charge in [0.05, 0.1) is 23.7 Å². The maximum Gasteiger partial charge on any atom is 0.220 e. The van der Waals surface area contributed by atoms with E-state index >= 15 is 0 Å². The summed E-state index contributed by atoms with van der Waals surface area (Å²) in [5, 5.41) is 3.07. The molecule has 1 N–H and O–H groups in total. The van der Waals surface area contributed by atoms with Crippen molar-refractivity contribution in [2.45, 2.75) is 52.6 Å². The maximum atomic E-state index is 12.0. The van der Waals surface area contributed by atoms with E-state index < -0.39 is 0 Å². The summed E-state index contributed by atoms with van der Waals surface area (Å²) in [5.74, 6) is 1.85. The van der Waals surface area contributed by atoms with E-state index in [0.717, 1.165) is 42.0 Å². The second-order valence-corrected chi connectivity index (χ2v) is 7.16. The number of nitrogens with one attached hydrogen (secondary N) is 1. The van der Waals surface area contributed by atoms with E-state index in [-0.39, 0.29) is 11.9 Å². The molecule has 5 heteroatoms. The molecule has 0 aliphatic heterocycles. The van der Waals surface area contributed by atoms with Gasteiger partial charge in [-0.1, -0.05) is 36.8 Å². The molecule has 0 aliphatic carbocycles. The topological polar surface area (TPSA) is 56.2 Å². The average Bonchev–Trinajstić information content (AvgIpc) is 3.05. The molecule has 1 aromatic heterocycles. The van der Waals surface area contributed by atoms with Gasteiger partial charge in [0.15, 0.2) is 0 Å². The van der Waals surface area contributed by atoms with E-state index in [1.165, 1.54) is 5.56 Å². The molecule has 3 aromatic rings. The molecule has 1 heterocycles. The number of carbonyl (C=O) groups is 1. The predicted molar refractivity (Wildman–Crippen MR) is 112 cm³/mol. The zero-order chi connectivity index (χ0) is 19.9. The largest absolute Gasteiger partial charge is 0.494 e. The van der Waals surface area contributed by atoms with E-state index in [2.05, 4.69) is 35.0 Å². The third kappa shape index (κ3) is 4.91. The Kier molecular flexibility index (Phi) is 6.69. The van der Waals surface area contributed by atoms with Crippen LogP contribution in [0.3, 0.4) is 0 Å². The highest BCUT2D eigenvalue weighted by molar-refractivity contribution is 5.78. The SMILES string of the molecule is CCCC(=O)NC(C)c1nc2ccccc2n1CCCOc1ccc(C)cc1. The quantitative estimate of drug-likeness (QED) is 0.544. The summed E-state index contributed by atoms with van der Waals surface area (Å²) in [6, 6.07) is 16.1. The Hall–Kier alpha value is -2.82. The minimum Gasteiger partial charge on any atom is -0.494 e. The summed E-state index contributed by atoms with van der Waals surface area (Å²) >= 11 is 0. The lowest BCUT2D eigenvalue weighted by atomic mass is 10.2. The van der Waals surface area contributed by atoms with Crippen LogP contribution in [-0.4, -0.2) is 22.1 Å². The molecule has 1 unspecified atom stereocenters. The molecule has 28 heavy (non-hydrogen) atoms. The monoisotopic (exact) mass is 379 g/mol. The average molecular weight is 380 g/mol. The molecule has 1 atom stereocenters. The van der Waals surface area contributed by atoms with Crippen molar-refractivity contribution in [3.05, 3.63) is 59.9 Å². The van der Waals surface area contributed by atoms with E-state index in [4.69, 9.17) is 9.72 Å². The van der Waals surface area contributed by atoms with Crippen LogP contribution in [0.4, 0.5) is 0 Å². The molecule has 3 rings (SSSR count). The van der Waals surface area contributed by atoms with Crippen molar-refractivity contribution in [1.82, 2.24) is 14.9 Å². The number of aryl methyl sites for hydroxylation is 2. The van der Waals surface area contributed by atoms with Gasteiger partial charge in [0.2, 0.25) is 5.91 Å². The van der Waals surface area contributed by atoms with Crippen LogP contribution in [-0.2, 0) is 11.3 Å². The summed E-state index contributed by atoms with van der Waals surface area (Å²) in [7, 11) is 0. The van der Waals surface area contributed by atoms with Crippen molar-refractivity contribution in [2.24, 2.45) is 0 Å². The molecule has 0 aliphatic rings. The number of amides is 1. The molecular weight excluding hydrogens is 350 g/mol. The highest BCUT2D eigenvalue weighted by Gasteiger charge is 2.18.